The molecule has 1 aromatic heterocycles. The van der Waals surface area contributed by atoms with E-state index in [1.165, 1.54) is 19.2 Å². The highest BCUT2D eigenvalue weighted by molar-refractivity contribution is 5.92. The summed E-state index contributed by atoms with van der Waals surface area (Å²) in [6.07, 6.45) is 6.36. The van der Waals surface area contributed by atoms with Gasteiger partial charge in [0.2, 0.25) is 5.95 Å². The fourth-order valence-corrected chi connectivity index (χ4v) is 2.54. The van der Waals surface area contributed by atoms with Crippen LogP contribution >= 0.6 is 0 Å². The van der Waals surface area contributed by atoms with Crippen molar-refractivity contribution in [1.29, 1.82) is 0 Å². The fraction of sp³-hybridized carbons (Fsp3) is 0.769. The topological polar surface area (TPSA) is 79.9 Å². The van der Waals surface area contributed by atoms with Crippen molar-refractivity contribution in [2.45, 2.75) is 58.2 Å². The van der Waals surface area contributed by atoms with Crippen molar-refractivity contribution in [1.82, 2.24) is 15.2 Å². The highest BCUT2D eigenvalue weighted by atomic mass is 16.5. The van der Waals surface area contributed by atoms with Gasteiger partial charge < -0.3 is 4.74 Å². The van der Waals surface area contributed by atoms with Crippen LogP contribution in [0.2, 0.25) is 0 Å². The molecule has 3 atom stereocenters. The van der Waals surface area contributed by atoms with Gasteiger partial charge in [0.15, 0.2) is 0 Å². The molecule has 0 saturated heterocycles. The third-order valence-corrected chi connectivity index (χ3v) is 3.56. The van der Waals surface area contributed by atoms with Crippen LogP contribution in [0, 0.1) is 5.92 Å². The van der Waals surface area contributed by atoms with Crippen LogP contribution in [0.1, 0.15) is 46.0 Å². The summed E-state index contributed by atoms with van der Waals surface area (Å²) in [5.41, 5.74) is 0. The molecule has 0 radical (unpaired) electrons. The molecule has 1 fully saturated rings. The van der Waals surface area contributed by atoms with E-state index >= 15 is 0 Å². The number of hydrogen-bond acceptors (Lipinski definition) is 4. The third-order valence-electron chi connectivity index (χ3n) is 3.56. The maximum absolute atomic E-state index is 12.1. The summed E-state index contributed by atoms with van der Waals surface area (Å²) in [6, 6.07) is 0. The molecule has 6 nitrogen and oxygen atoms in total. The van der Waals surface area contributed by atoms with Crippen molar-refractivity contribution >= 4 is 11.9 Å². The molecule has 1 saturated carbocycles. The first-order valence-corrected chi connectivity index (χ1v) is 7.00. The van der Waals surface area contributed by atoms with E-state index in [1.54, 1.807) is 0 Å². The molecular weight excluding hydrogens is 244 g/mol. The van der Waals surface area contributed by atoms with Gasteiger partial charge in [-0.2, -0.15) is 10.1 Å². The van der Waals surface area contributed by atoms with Crippen LogP contribution in [0.4, 0.5) is 5.95 Å². The van der Waals surface area contributed by atoms with Gasteiger partial charge in [0.1, 0.15) is 12.4 Å². The maximum Gasteiger partial charge on any atom is 0.255 e. The van der Waals surface area contributed by atoms with E-state index in [9.17, 15) is 4.79 Å². The van der Waals surface area contributed by atoms with Gasteiger partial charge in [-0.3, -0.25) is 10.1 Å². The molecule has 0 unspecified atom stereocenters. The van der Waals surface area contributed by atoms with E-state index in [2.05, 4.69) is 27.4 Å². The number of rotatable bonds is 5. The number of aromatic nitrogens is 3. The average molecular weight is 266 g/mol. The van der Waals surface area contributed by atoms with Crippen LogP contribution in [0.15, 0.2) is 6.33 Å². The smallest absolute Gasteiger partial charge is 0.255 e. The minimum absolute atomic E-state index is 0.155. The van der Waals surface area contributed by atoms with E-state index in [-0.39, 0.29) is 12.0 Å². The summed E-state index contributed by atoms with van der Waals surface area (Å²) in [5.74, 6) is 0.898. The lowest BCUT2D eigenvalue weighted by molar-refractivity contribution is -0.133. The minimum Gasteiger partial charge on any atom is -0.365 e. The number of H-pyrrole nitrogens is 1. The fourth-order valence-electron chi connectivity index (χ4n) is 2.54. The number of amides is 1. The van der Waals surface area contributed by atoms with Gasteiger partial charge in [0.05, 0.1) is 6.10 Å². The zero-order valence-electron chi connectivity index (χ0n) is 11.6. The Kier molecular flexibility index (Phi) is 4.90. The van der Waals surface area contributed by atoms with Gasteiger partial charge in [-0.15, -0.1) is 0 Å². The van der Waals surface area contributed by atoms with Gasteiger partial charge in [-0.1, -0.05) is 26.7 Å². The van der Waals surface area contributed by atoms with Crippen molar-refractivity contribution in [3.8, 4) is 0 Å². The predicted octanol–water partition coefficient (Wildman–Crippen LogP) is 2.12. The summed E-state index contributed by atoms with van der Waals surface area (Å²) >= 11 is 0. The van der Waals surface area contributed by atoms with Crippen molar-refractivity contribution < 1.29 is 9.53 Å². The minimum atomic E-state index is -0.416. The lowest BCUT2D eigenvalue weighted by atomic mass is 9.88. The molecule has 0 aromatic carbocycles. The van der Waals surface area contributed by atoms with E-state index in [0.29, 0.717) is 18.3 Å². The molecule has 0 bridgehead atoms. The lowest BCUT2D eigenvalue weighted by Crippen LogP contribution is -2.35. The van der Waals surface area contributed by atoms with E-state index in [1.807, 2.05) is 6.92 Å². The molecule has 106 valence electrons. The molecule has 0 aliphatic heterocycles. The summed E-state index contributed by atoms with van der Waals surface area (Å²) < 4.78 is 5.95. The Morgan fingerprint density at radius 2 is 2.47 bits per heavy atom. The zero-order valence-corrected chi connectivity index (χ0v) is 11.6. The number of anilines is 1. The monoisotopic (exact) mass is 266 g/mol. The second-order valence-corrected chi connectivity index (χ2v) is 5.25. The van der Waals surface area contributed by atoms with E-state index in [0.717, 1.165) is 12.8 Å². The van der Waals surface area contributed by atoms with Crippen molar-refractivity contribution in [3.05, 3.63) is 6.33 Å². The van der Waals surface area contributed by atoms with Crippen LogP contribution in [0.3, 0.4) is 0 Å². The molecule has 1 amide bonds. The molecule has 2 rings (SSSR count). The first-order chi connectivity index (χ1) is 9.19. The van der Waals surface area contributed by atoms with E-state index in [4.69, 9.17) is 4.74 Å². The highest BCUT2D eigenvalue weighted by Crippen LogP contribution is 2.27. The first-order valence-electron chi connectivity index (χ1n) is 7.00. The number of carbonyl (C=O) groups is 1. The Labute approximate surface area is 113 Å². The van der Waals surface area contributed by atoms with Crippen molar-refractivity contribution in [3.63, 3.8) is 0 Å². The second-order valence-electron chi connectivity index (χ2n) is 5.25. The van der Waals surface area contributed by atoms with Crippen molar-refractivity contribution in [2.24, 2.45) is 5.92 Å². The molecule has 2 N–H and O–H groups in total. The summed E-state index contributed by atoms with van der Waals surface area (Å²) in [4.78, 5) is 16.0. The number of hydrogen-bond donors (Lipinski definition) is 2. The van der Waals surface area contributed by atoms with Crippen molar-refractivity contribution in [2.75, 3.05) is 5.32 Å². The average Bonchev–Trinajstić information content (AvgIpc) is 2.88. The summed E-state index contributed by atoms with van der Waals surface area (Å²) in [5, 5.41) is 8.98. The summed E-state index contributed by atoms with van der Waals surface area (Å²) in [6.45, 7) is 4.20. The van der Waals surface area contributed by atoms with Gasteiger partial charge in [-0.05, 0) is 25.2 Å². The number of nitrogens with one attached hydrogen (secondary N) is 2. The number of ether oxygens (including phenoxy) is 1. The normalized spacial score (nSPS) is 24.9. The van der Waals surface area contributed by atoms with Gasteiger partial charge >= 0.3 is 0 Å². The molecule has 19 heavy (non-hydrogen) atoms. The Morgan fingerprint density at radius 3 is 3.11 bits per heavy atom. The number of aromatic amines is 1. The molecule has 1 aliphatic carbocycles. The van der Waals surface area contributed by atoms with Crippen LogP contribution in [0.5, 0.6) is 0 Å². The zero-order chi connectivity index (χ0) is 13.7. The van der Waals surface area contributed by atoms with Crippen LogP contribution in [-0.4, -0.2) is 33.3 Å². The second kappa shape index (κ2) is 6.65. The van der Waals surface area contributed by atoms with Crippen LogP contribution in [0.25, 0.3) is 0 Å². The van der Waals surface area contributed by atoms with Crippen LogP contribution in [-0.2, 0) is 9.53 Å². The van der Waals surface area contributed by atoms with Crippen LogP contribution < -0.4 is 5.32 Å². The number of nitrogens with zero attached hydrogens (tertiary/aromatic N) is 2. The SMILES string of the molecule is CC[C@H](O[C@@H]1CCC[C@@H](C)C1)C(=O)Nc1ncn[nH]1. The van der Waals surface area contributed by atoms with Gasteiger partial charge in [0.25, 0.3) is 5.91 Å². The largest absolute Gasteiger partial charge is 0.365 e. The Bertz CT molecular complexity index is 393. The quantitative estimate of drug-likeness (QED) is 0.855. The summed E-state index contributed by atoms with van der Waals surface area (Å²) in [7, 11) is 0. The molecule has 6 heteroatoms. The van der Waals surface area contributed by atoms with Gasteiger partial charge in [-0.25, -0.2) is 5.10 Å². The predicted molar refractivity (Wildman–Crippen MR) is 71.6 cm³/mol. The Morgan fingerprint density at radius 1 is 1.63 bits per heavy atom. The Hall–Kier alpha value is -1.43. The molecule has 1 aliphatic rings. The number of carbonyl (C=O) groups excluding carboxylic acids is 1. The standard InChI is InChI=1S/C13H22N4O2/c1-3-11(12(18)16-13-14-8-15-17-13)19-10-6-4-5-9(2)7-10/h8-11H,3-7H2,1-2H3,(H2,14,15,16,17,18)/t9-,10-,11+/m1/s1. The van der Waals surface area contributed by atoms with Gasteiger partial charge in [0, 0.05) is 0 Å². The Balaban J connectivity index is 1.86. The highest BCUT2D eigenvalue weighted by Gasteiger charge is 2.26. The maximum atomic E-state index is 12.1. The molecular formula is C13H22N4O2. The molecule has 0 spiro atoms. The molecule has 1 heterocycles. The lowest BCUT2D eigenvalue weighted by Gasteiger charge is -2.29. The van der Waals surface area contributed by atoms with E-state index < -0.39 is 6.10 Å². The third kappa shape index (κ3) is 4.02. The molecule has 1 aromatic rings. The first kappa shape index (κ1) is 14.0.